The molecule has 0 atom stereocenters. The van der Waals surface area contributed by atoms with Crippen LogP contribution in [0.15, 0.2) is 24.3 Å². The van der Waals surface area contributed by atoms with Crippen molar-refractivity contribution in [1.82, 2.24) is 20.0 Å². The molecule has 39 heavy (non-hydrogen) atoms. The highest BCUT2D eigenvalue weighted by atomic mass is 19.4. The van der Waals surface area contributed by atoms with E-state index in [1.807, 2.05) is 18.2 Å². The van der Waals surface area contributed by atoms with Crippen LogP contribution in [0, 0.1) is 5.41 Å². The fourth-order valence-electron chi connectivity index (χ4n) is 6.32. The highest BCUT2D eigenvalue weighted by molar-refractivity contribution is 5.83. The van der Waals surface area contributed by atoms with E-state index in [1.165, 1.54) is 10.2 Å². The van der Waals surface area contributed by atoms with Crippen LogP contribution in [-0.4, -0.2) is 52.7 Å². The molecule has 1 spiro atoms. The molecule has 1 aromatic heterocycles. The van der Waals surface area contributed by atoms with Crippen LogP contribution in [0.2, 0.25) is 0 Å². The topological polar surface area (TPSA) is 76.5 Å². The molecule has 2 amide bonds. The average molecular weight is 547 g/mol. The van der Waals surface area contributed by atoms with Crippen LogP contribution in [0.5, 0.6) is 5.75 Å². The van der Waals surface area contributed by atoms with Crippen LogP contribution in [0.4, 0.5) is 13.2 Å². The van der Waals surface area contributed by atoms with Crippen molar-refractivity contribution >= 4 is 11.8 Å². The first kappa shape index (κ1) is 27.5. The molecule has 3 aliphatic rings. The van der Waals surface area contributed by atoms with Gasteiger partial charge in [0.15, 0.2) is 5.69 Å². The maximum absolute atomic E-state index is 13.4. The zero-order valence-corrected chi connectivity index (χ0v) is 22.3. The molecule has 1 aliphatic carbocycles. The zero-order chi connectivity index (χ0) is 27.5. The number of para-hydroxylation sites is 1. The Kier molecular flexibility index (Phi) is 8.19. The van der Waals surface area contributed by atoms with E-state index in [4.69, 9.17) is 4.74 Å². The number of nitrogens with zero attached hydrogens (tertiary/aromatic N) is 3. The van der Waals surface area contributed by atoms with Gasteiger partial charge >= 0.3 is 6.18 Å². The summed E-state index contributed by atoms with van der Waals surface area (Å²) in [5.74, 6) is 0.712. The predicted octanol–water partition coefficient (Wildman–Crippen LogP) is 4.70. The number of halogens is 3. The number of likely N-dealkylation sites (tertiary alicyclic amines) is 1. The Morgan fingerprint density at radius 3 is 2.59 bits per heavy atom. The van der Waals surface area contributed by atoms with Crippen molar-refractivity contribution in [2.45, 2.75) is 83.4 Å². The van der Waals surface area contributed by atoms with Gasteiger partial charge in [0.25, 0.3) is 0 Å². The SMILES string of the molecule is O=C(Cn1nc(C(F)(F)F)c2c1CCC2)N1CCC2(CCCCCc3ccccc3OCCCNC2=O)CC1. The highest BCUT2D eigenvalue weighted by Gasteiger charge is 2.43. The van der Waals surface area contributed by atoms with Gasteiger partial charge in [-0.3, -0.25) is 14.3 Å². The van der Waals surface area contributed by atoms with Crippen LogP contribution in [0.1, 0.15) is 73.9 Å². The summed E-state index contributed by atoms with van der Waals surface area (Å²) >= 11 is 0. The van der Waals surface area contributed by atoms with E-state index in [0.717, 1.165) is 37.9 Å². The lowest BCUT2D eigenvalue weighted by Gasteiger charge is -2.41. The Labute approximate surface area is 227 Å². The van der Waals surface area contributed by atoms with Gasteiger partial charge in [-0.15, -0.1) is 0 Å². The largest absolute Gasteiger partial charge is 0.493 e. The molecule has 0 bridgehead atoms. The summed E-state index contributed by atoms with van der Waals surface area (Å²) in [5.41, 5.74) is 0.589. The maximum atomic E-state index is 13.4. The average Bonchev–Trinajstić information content (AvgIpc) is 3.52. The number of nitrogens with one attached hydrogen (secondary N) is 1. The summed E-state index contributed by atoms with van der Waals surface area (Å²) in [6.07, 6.45) is 3.41. The Morgan fingerprint density at radius 1 is 1.00 bits per heavy atom. The molecule has 0 saturated carbocycles. The van der Waals surface area contributed by atoms with Gasteiger partial charge in [-0.05, 0) is 69.4 Å². The number of carbonyl (C=O) groups excluding carboxylic acids is 2. The minimum Gasteiger partial charge on any atom is -0.493 e. The van der Waals surface area contributed by atoms with E-state index in [9.17, 15) is 22.8 Å². The van der Waals surface area contributed by atoms with E-state index in [0.29, 0.717) is 70.5 Å². The van der Waals surface area contributed by atoms with E-state index in [1.54, 1.807) is 4.90 Å². The van der Waals surface area contributed by atoms with E-state index in [-0.39, 0.29) is 23.9 Å². The van der Waals surface area contributed by atoms with Crippen LogP contribution >= 0.6 is 0 Å². The summed E-state index contributed by atoms with van der Waals surface area (Å²) in [6, 6.07) is 8.12. The predicted molar refractivity (Wildman–Crippen MR) is 139 cm³/mol. The summed E-state index contributed by atoms with van der Waals surface area (Å²) in [6.45, 7) is 1.69. The van der Waals surface area contributed by atoms with Gasteiger partial charge in [-0.25, -0.2) is 0 Å². The molecular weight excluding hydrogens is 509 g/mol. The smallest absolute Gasteiger partial charge is 0.435 e. The second-order valence-corrected chi connectivity index (χ2v) is 11.1. The molecule has 3 heterocycles. The van der Waals surface area contributed by atoms with Gasteiger partial charge in [0, 0.05) is 30.9 Å². The molecule has 1 aromatic carbocycles. The molecule has 1 fully saturated rings. The Hall–Kier alpha value is -3.04. The van der Waals surface area contributed by atoms with Crippen molar-refractivity contribution in [3.05, 3.63) is 46.8 Å². The van der Waals surface area contributed by atoms with Gasteiger partial charge in [0.05, 0.1) is 12.0 Å². The third kappa shape index (κ3) is 6.09. The Morgan fingerprint density at radius 2 is 1.79 bits per heavy atom. The van der Waals surface area contributed by atoms with Gasteiger partial charge in [-0.2, -0.15) is 18.3 Å². The molecular formula is C29H37F3N4O3. The van der Waals surface area contributed by atoms with Crippen molar-refractivity contribution < 1.29 is 27.5 Å². The minimum absolute atomic E-state index is 0.0340. The second kappa shape index (κ2) is 11.6. The van der Waals surface area contributed by atoms with Gasteiger partial charge in [0.1, 0.15) is 12.3 Å². The van der Waals surface area contributed by atoms with Crippen molar-refractivity contribution in [3.63, 3.8) is 0 Å². The molecule has 5 rings (SSSR count). The fourth-order valence-corrected chi connectivity index (χ4v) is 6.32. The van der Waals surface area contributed by atoms with Gasteiger partial charge in [0.2, 0.25) is 11.8 Å². The summed E-state index contributed by atoms with van der Waals surface area (Å²) in [7, 11) is 0. The number of rotatable bonds is 2. The number of hydrogen-bond acceptors (Lipinski definition) is 4. The highest BCUT2D eigenvalue weighted by Crippen LogP contribution is 2.39. The summed E-state index contributed by atoms with van der Waals surface area (Å²) < 4.78 is 47.6. The number of ether oxygens (including phenoxy) is 1. The third-order valence-electron chi connectivity index (χ3n) is 8.55. The standard InChI is InChI=1S/C29H37F3N4O3/c30-29(31,32)26-22-10-6-11-23(22)36(34-26)20-25(37)35-17-14-28(15-18-35)13-5-1-2-8-21-9-3-4-12-24(21)39-19-7-16-33-27(28)38/h3-4,9,12H,1-2,5-8,10-11,13-20H2,(H,33,38). The van der Waals surface area contributed by atoms with Crippen LogP contribution < -0.4 is 10.1 Å². The number of fused-ring (bicyclic) bond motifs is 2. The summed E-state index contributed by atoms with van der Waals surface area (Å²) in [5, 5.41) is 6.90. The van der Waals surface area contributed by atoms with E-state index < -0.39 is 17.3 Å². The van der Waals surface area contributed by atoms with Crippen molar-refractivity contribution in [2.75, 3.05) is 26.2 Å². The number of amides is 2. The van der Waals surface area contributed by atoms with Crippen molar-refractivity contribution in [1.29, 1.82) is 0 Å². The Bertz CT molecular complexity index is 1180. The molecule has 1 saturated heterocycles. The lowest BCUT2D eigenvalue weighted by atomic mass is 9.73. The van der Waals surface area contributed by atoms with Gasteiger partial charge < -0.3 is 15.0 Å². The molecule has 2 aliphatic heterocycles. The molecule has 0 unspecified atom stereocenters. The number of aromatic nitrogens is 2. The molecule has 10 heteroatoms. The molecule has 1 N–H and O–H groups in total. The van der Waals surface area contributed by atoms with Crippen molar-refractivity contribution in [2.24, 2.45) is 5.41 Å². The first-order chi connectivity index (χ1) is 18.8. The minimum atomic E-state index is -4.52. The number of carbonyl (C=O) groups is 2. The van der Waals surface area contributed by atoms with E-state index in [2.05, 4.69) is 16.5 Å². The fraction of sp³-hybridized carbons (Fsp3) is 0.621. The number of alkyl halides is 3. The lowest BCUT2D eigenvalue weighted by Crippen LogP contribution is -2.51. The zero-order valence-electron chi connectivity index (χ0n) is 22.3. The summed E-state index contributed by atoms with van der Waals surface area (Å²) in [4.78, 5) is 28.2. The quantitative estimate of drug-likeness (QED) is 0.593. The molecule has 212 valence electrons. The van der Waals surface area contributed by atoms with Crippen LogP contribution in [-0.2, 0) is 41.6 Å². The van der Waals surface area contributed by atoms with E-state index >= 15 is 0 Å². The van der Waals surface area contributed by atoms with Crippen LogP contribution in [0.3, 0.4) is 0 Å². The molecule has 0 radical (unpaired) electrons. The molecule has 7 nitrogen and oxygen atoms in total. The number of benzene rings is 1. The normalized spacial score (nSPS) is 20.5. The number of aryl methyl sites for hydroxylation is 1. The first-order valence-electron chi connectivity index (χ1n) is 14.2. The first-order valence-corrected chi connectivity index (χ1v) is 14.2. The van der Waals surface area contributed by atoms with Crippen molar-refractivity contribution in [3.8, 4) is 5.75 Å². The van der Waals surface area contributed by atoms with Gasteiger partial charge in [-0.1, -0.05) is 31.0 Å². The number of hydrogen-bond donors (Lipinski definition) is 1. The molecule has 2 aromatic rings. The lowest BCUT2D eigenvalue weighted by molar-refractivity contribution is -0.143. The number of piperidine rings is 1. The maximum Gasteiger partial charge on any atom is 0.435 e. The Balaban J connectivity index is 1.21. The van der Waals surface area contributed by atoms with Crippen LogP contribution in [0.25, 0.3) is 0 Å². The monoisotopic (exact) mass is 546 g/mol. The third-order valence-corrected chi connectivity index (χ3v) is 8.55. The second-order valence-electron chi connectivity index (χ2n) is 11.1.